The smallest absolute Gasteiger partial charge is 0.183 e. The van der Waals surface area contributed by atoms with E-state index in [2.05, 4.69) is 25.7 Å². The highest BCUT2D eigenvalue weighted by Gasteiger charge is 2.13. The normalized spacial score (nSPS) is 17.3. The summed E-state index contributed by atoms with van der Waals surface area (Å²) in [6.07, 6.45) is 5.75. The van der Waals surface area contributed by atoms with Crippen LogP contribution in [0.4, 0.5) is 0 Å². The fraction of sp³-hybridized carbons (Fsp3) is 0.800. The van der Waals surface area contributed by atoms with Crippen molar-refractivity contribution >= 4 is 8.32 Å². The van der Waals surface area contributed by atoms with Crippen LogP contribution < -0.4 is 0 Å². The molecule has 1 aliphatic carbocycles. The van der Waals surface area contributed by atoms with Crippen LogP contribution in [0.3, 0.4) is 0 Å². The summed E-state index contributed by atoms with van der Waals surface area (Å²) < 4.78 is 11.2. The van der Waals surface area contributed by atoms with Crippen molar-refractivity contribution in [3.63, 3.8) is 0 Å². The van der Waals surface area contributed by atoms with E-state index in [0.29, 0.717) is 0 Å². The Kier molecular flexibility index (Phi) is 4.00. The molecule has 0 unspecified atom stereocenters. The fourth-order valence-corrected chi connectivity index (χ4v) is 1.99. The number of hydrogen-bond acceptors (Lipinski definition) is 2. The van der Waals surface area contributed by atoms with Gasteiger partial charge >= 0.3 is 0 Å². The zero-order valence-electron chi connectivity index (χ0n) is 8.93. The van der Waals surface area contributed by atoms with Crippen LogP contribution in [-0.4, -0.2) is 21.5 Å². The molecule has 0 spiro atoms. The Balaban J connectivity index is 2.01. The Bertz CT molecular complexity index is 182. The topological polar surface area (TPSA) is 18.5 Å². The van der Waals surface area contributed by atoms with Gasteiger partial charge in [0.25, 0.3) is 0 Å². The second-order valence-corrected chi connectivity index (χ2v) is 8.89. The van der Waals surface area contributed by atoms with E-state index in [0.717, 1.165) is 19.6 Å². The molecule has 0 radical (unpaired) electrons. The van der Waals surface area contributed by atoms with Gasteiger partial charge in [-0.15, -0.1) is 0 Å². The molecule has 1 rings (SSSR count). The van der Waals surface area contributed by atoms with Crippen LogP contribution in [0.2, 0.25) is 19.6 Å². The maximum Gasteiger partial charge on any atom is 0.183 e. The zero-order chi connectivity index (χ0) is 9.73. The quantitative estimate of drug-likeness (QED) is 0.502. The molecule has 0 aromatic heterocycles. The largest absolute Gasteiger partial charge is 0.496 e. The van der Waals surface area contributed by atoms with Gasteiger partial charge in [0.15, 0.2) is 8.32 Å². The minimum atomic E-state index is -1.33. The Labute approximate surface area is 82.1 Å². The predicted octanol–water partition coefficient (Wildman–Crippen LogP) is 2.92. The van der Waals surface area contributed by atoms with Gasteiger partial charge in [-0.05, 0) is 38.6 Å². The minimum absolute atomic E-state index is 0.718. The lowest BCUT2D eigenvalue weighted by Gasteiger charge is -2.17. The Morgan fingerprint density at radius 3 is 2.62 bits per heavy atom. The molecule has 0 N–H and O–H groups in total. The average Bonchev–Trinajstić information content (AvgIpc) is 2.48. The average molecular weight is 200 g/mol. The van der Waals surface area contributed by atoms with Crippen molar-refractivity contribution in [1.82, 2.24) is 0 Å². The van der Waals surface area contributed by atoms with Gasteiger partial charge in [0.05, 0.1) is 12.4 Å². The van der Waals surface area contributed by atoms with E-state index in [9.17, 15) is 0 Å². The monoisotopic (exact) mass is 200 g/mol. The molecule has 0 aliphatic heterocycles. The van der Waals surface area contributed by atoms with Crippen LogP contribution in [-0.2, 0) is 9.16 Å². The van der Waals surface area contributed by atoms with E-state index in [1.807, 2.05) is 0 Å². The highest BCUT2D eigenvalue weighted by atomic mass is 28.4. The van der Waals surface area contributed by atoms with Gasteiger partial charge in [0, 0.05) is 6.42 Å². The lowest BCUT2D eigenvalue weighted by Crippen LogP contribution is -2.27. The van der Waals surface area contributed by atoms with Gasteiger partial charge < -0.3 is 9.16 Å². The zero-order valence-corrected chi connectivity index (χ0v) is 9.93. The molecule has 0 heterocycles. The lowest BCUT2D eigenvalue weighted by molar-refractivity contribution is 0.149. The fourth-order valence-electron chi connectivity index (χ4n) is 1.29. The predicted molar refractivity (Wildman–Crippen MR) is 57.2 cm³/mol. The highest BCUT2D eigenvalue weighted by molar-refractivity contribution is 6.69. The molecule has 3 heteroatoms. The maximum atomic E-state index is 5.68. The van der Waals surface area contributed by atoms with Crippen LogP contribution in [0.1, 0.15) is 19.3 Å². The Morgan fingerprint density at radius 1 is 1.31 bits per heavy atom. The number of allylic oxidation sites excluding steroid dienone is 2. The molecule has 0 aromatic carbocycles. The van der Waals surface area contributed by atoms with Crippen molar-refractivity contribution in [2.45, 2.75) is 38.9 Å². The first kappa shape index (κ1) is 10.8. The van der Waals surface area contributed by atoms with Gasteiger partial charge in [-0.3, -0.25) is 0 Å². The van der Waals surface area contributed by atoms with Crippen molar-refractivity contribution in [3.05, 3.63) is 11.8 Å². The highest BCUT2D eigenvalue weighted by Crippen LogP contribution is 2.18. The summed E-state index contributed by atoms with van der Waals surface area (Å²) in [6.45, 7) is 8.05. The Morgan fingerprint density at radius 2 is 2.08 bits per heavy atom. The molecule has 13 heavy (non-hydrogen) atoms. The van der Waals surface area contributed by atoms with Crippen LogP contribution in [0.15, 0.2) is 11.8 Å². The van der Waals surface area contributed by atoms with E-state index < -0.39 is 8.32 Å². The second kappa shape index (κ2) is 4.82. The van der Waals surface area contributed by atoms with Gasteiger partial charge in [0.2, 0.25) is 0 Å². The molecule has 0 fully saturated rings. The maximum absolute atomic E-state index is 5.68. The first-order chi connectivity index (χ1) is 6.08. The van der Waals surface area contributed by atoms with Crippen molar-refractivity contribution in [3.8, 4) is 0 Å². The summed E-state index contributed by atoms with van der Waals surface area (Å²) in [5, 5.41) is 0. The number of ether oxygens (including phenoxy) is 1. The third kappa shape index (κ3) is 5.11. The van der Waals surface area contributed by atoms with Crippen molar-refractivity contribution in [1.29, 1.82) is 0 Å². The summed E-state index contributed by atoms with van der Waals surface area (Å²) in [6, 6.07) is 0. The third-order valence-electron chi connectivity index (χ3n) is 1.91. The van der Waals surface area contributed by atoms with Crippen LogP contribution in [0, 0.1) is 0 Å². The van der Waals surface area contributed by atoms with Crippen LogP contribution in [0.5, 0.6) is 0 Å². The molecule has 0 aromatic rings. The molecular formula is C10H20O2Si. The molecule has 76 valence electrons. The van der Waals surface area contributed by atoms with Crippen LogP contribution >= 0.6 is 0 Å². The Hall–Kier alpha value is -0.283. The third-order valence-corrected chi connectivity index (χ3v) is 2.98. The van der Waals surface area contributed by atoms with Crippen molar-refractivity contribution in [2.75, 3.05) is 13.2 Å². The van der Waals surface area contributed by atoms with Gasteiger partial charge in [-0.2, -0.15) is 0 Å². The first-order valence-corrected chi connectivity index (χ1v) is 8.44. The summed E-state index contributed by atoms with van der Waals surface area (Å²) in [5.74, 6) is 1.17. The molecule has 0 atom stereocenters. The van der Waals surface area contributed by atoms with Crippen LogP contribution in [0.25, 0.3) is 0 Å². The van der Waals surface area contributed by atoms with E-state index in [1.165, 1.54) is 18.6 Å². The molecule has 0 bridgehead atoms. The van der Waals surface area contributed by atoms with Gasteiger partial charge in [-0.1, -0.05) is 0 Å². The summed E-state index contributed by atoms with van der Waals surface area (Å²) in [5.41, 5.74) is 0. The van der Waals surface area contributed by atoms with Gasteiger partial charge in [0.1, 0.15) is 6.61 Å². The summed E-state index contributed by atoms with van der Waals surface area (Å²) in [4.78, 5) is 0. The standard InChI is InChI=1S/C10H20O2Si/c1-13(2,3)12-9-8-11-10-6-4-5-7-10/h6H,4-5,7-9H2,1-3H3. The second-order valence-electron chi connectivity index (χ2n) is 4.37. The molecule has 0 saturated carbocycles. The summed E-state index contributed by atoms with van der Waals surface area (Å²) in [7, 11) is -1.33. The molecule has 2 nitrogen and oxygen atoms in total. The number of hydrogen-bond donors (Lipinski definition) is 0. The first-order valence-electron chi connectivity index (χ1n) is 5.04. The summed E-state index contributed by atoms with van der Waals surface area (Å²) >= 11 is 0. The number of rotatable bonds is 5. The molecular weight excluding hydrogens is 180 g/mol. The van der Waals surface area contributed by atoms with E-state index >= 15 is 0 Å². The molecule has 0 amide bonds. The molecule has 0 saturated heterocycles. The lowest BCUT2D eigenvalue weighted by atomic mass is 10.4. The van der Waals surface area contributed by atoms with E-state index in [4.69, 9.17) is 9.16 Å². The van der Waals surface area contributed by atoms with Crippen molar-refractivity contribution in [2.24, 2.45) is 0 Å². The van der Waals surface area contributed by atoms with Gasteiger partial charge in [-0.25, -0.2) is 0 Å². The molecule has 1 aliphatic rings. The SMILES string of the molecule is C[Si](C)(C)OCCOC1=CCCC1. The van der Waals surface area contributed by atoms with Crippen molar-refractivity contribution < 1.29 is 9.16 Å². The minimum Gasteiger partial charge on any atom is -0.496 e. The van der Waals surface area contributed by atoms with E-state index in [-0.39, 0.29) is 0 Å². The van der Waals surface area contributed by atoms with E-state index in [1.54, 1.807) is 0 Å².